The van der Waals surface area contributed by atoms with Crippen molar-refractivity contribution in [1.82, 2.24) is 15.1 Å². The van der Waals surface area contributed by atoms with E-state index in [0.29, 0.717) is 13.2 Å². The van der Waals surface area contributed by atoms with E-state index in [4.69, 9.17) is 9.47 Å². The summed E-state index contributed by atoms with van der Waals surface area (Å²) in [5.74, 6) is 0. The molecular formula is C13H25N3O2. The predicted octanol–water partition coefficient (Wildman–Crippen LogP) is 1.44. The molecule has 5 heteroatoms. The molecule has 0 saturated heterocycles. The molecule has 0 amide bonds. The molecule has 0 saturated carbocycles. The second-order valence-corrected chi connectivity index (χ2v) is 4.25. The molecule has 1 heterocycles. The molecule has 0 aliphatic heterocycles. The molecule has 0 atom stereocenters. The van der Waals surface area contributed by atoms with E-state index in [1.54, 1.807) is 7.11 Å². The lowest BCUT2D eigenvalue weighted by molar-refractivity contribution is 0.0677. The molecule has 0 unspecified atom stereocenters. The molecule has 1 rings (SSSR count). The number of hydrogen-bond acceptors (Lipinski definition) is 4. The van der Waals surface area contributed by atoms with Gasteiger partial charge in [0, 0.05) is 38.6 Å². The second kappa shape index (κ2) is 10.1. The molecule has 1 aromatic heterocycles. The number of aromatic nitrogens is 2. The van der Waals surface area contributed by atoms with Crippen molar-refractivity contribution in [2.24, 2.45) is 0 Å². The van der Waals surface area contributed by atoms with Crippen LogP contribution in [0.4, 0.5) is 0 Å². The van der Waals surface area contributed by atoms with Gasteiger partial charge in [-0.1, -0.05) is 6.92 Å². The molecule has 0 radical (unpaired) electrons. The van der Waals surface area contributed by atoms with E-state index in [2.05, 4.69) is 23.5 Å². The van der Waals surface area contributed by atoms with Gasteiger partial charge in [-0.05, 0) is 19.4 Å². The van der Waals surface area contributed by atoms with Crippen molar-refractivity contribution in [2.45, 2.75) is 32.9 Å². The van der Waals surface area contributed by atoms with Crippen LogP contribution in [-0.4, -0.2) is 43.3 Å². The van der Waals surface area contributed by atoms with E-state index in [0.717, 1.165) is 39.1 Å². The molecule has 1 N–H and O–H groups in total. The van der Waals surface area contributed by atoms with Crippen LogP contribution in [-0.2, 0) is 22.6 Å². The Morgan fingerprint density at radius 2 is 2.22 bits per heavy atom. The van der Waals surface area contributed by atoms with E-state index in [9.17, 15) is 0 Å². The van der Waals surface area contributed by atoms with Gasteiger partial charge < -0.3 is 14.8 Å². The minimum absolute atomic E-state index is 0.662. The lowest BCUT2D eigenvalue weighted by atomic mass is 10.3. The van der Waals surface area contributed by atoms with E-state index in [-0.39, 0.29) is 0 Å². The number of nitrogens with one attached hydrogen (secondary N) is 1. The third-order valence-electron chi connectivity index (χ3n) is 2.55. The Labute approximate surface area is 109 Å². The van der Waals surface area contributed by atoms with Gasteiger partial charge in [-0.15, -0.1) is 0 Å². The van der Waals surface area contributed by atoms with Crippen molar-refractivity contribution >= 4 is 0 Å². The highest BCUT2D eigenvalue weighted by Crippen LogP contribution is 1.98. The van der Waals surface area contributed by atoms with Crippen molar-refractivity contribution in [3.8, 4) is 0 Å². The van der Waals surface area contributed by atoms with Gasteiger partial charge in [-0.2, -0.15) is 5.10 Å². The number of nitrogens with zero attached hydrogens (tertiary/aromatic N) is 2. The Balaban J connectivity index is 2.07. The first-order valence-corrected chi connectivity index (χ1v) is 6.65. The Hall–Kier alpha value is -0.910. The summed E-state index contributed by atoms with van der Waals surface area (Å²) in [7, 11) is 1.68. The van der Waals surface area contributed by atoms with Gasteiger partial charge in [0.2, 0.25) is 0 Å². The van der Waals surface area contributed by atoms with Crippen LogP contribution < -0.4 is 5.32 Å². The van der Waals surface area contributed by atoms with Crippen molar-refractivity contribution in [3.05, 3.63) is 18.0 Å². The van der Waals surface area contributed by atoms with Crippen molar-refractivity contribution in [2.75, 3.05) is 33.5 Å². The molecule has 0 spiro atoms. The molecule has 5 nitrogen and oxygen atoms in total. The minimum atomic E-state index is 0.662. The second-order valence-electron chi connectivity index (χ2n) is 4.25. The predicted molar refractivity (Wildman–Crippen MR) is 71.5 cm³/mol. The SMILES string of the molecule is CCCNCc1cnn(CCCOCCOC)c1. The quantitative estimate of drug-likeness (QED) is 0.608. The summed E-state index contributed by atoms with van der Waals surface area (Å²) < 4.78 is 12.3. The summed E-state index contributed by atoms with van der Waals surface area (Å²) in [6.07, 6.45) is 6.16. The minimum Gasteiger partial charge on any atom is -0.382 e. The Bertz CT molecular complexity index is 302. The molecule has 104 valence electrons. The summed E-state index contributed by atoms with van der Waals surface area (Å²) in [6.45, 7) is 7.11. The van der Waals surface area contributed by atoms with Crippen LogP contribution in [0.1, 0.15) is 25.3 Å². The summed E-state index contributed by atoms with van der Waals surface area (Å²) in [6, 6.07) is 0. The summed E-state index contributed by atoms with van der Waals surface area (Å²) in [5.41, 5.74) is 1.24. The van der Waals surface area contributed by atoms with E-state index >= 15 is 0 Å². The van der Waals surface area contributed by atoms with Gasteiger partial charge in [0.1, 0.15) is 0 Å². The number of methoxy groups -OCH3 is 1. The number of rotatable bonds is 11. The van der Waals surface area contributed by atoms with Crippen LogP contribution in [0.2, 0.25) is 0 Å². The van der Waals surface area contributed by atoms with Crippen LogP contribution in [0.15, 0.2) is 12.4 Å². The average molecular weight is 255 g/mol. The Kier molecular flexibility index (Phi) is 8.46. The third kappa shape index (κ3) is 6.74. The lowest BCUT2D eigenvalue weighted by Crippen LogP contribution is -2.13. The molecule has 18 heavy (non-hydrogen) atoms. The van der Waals surface area contributed by atoms with Crippen LogP contribution in [0.3, 0.4) is 0 Å². The van der Waals surface area contributed by atoms with Crippen molar-refractivity contribution in [1.29, 1.82) is 0 Å². The van der Waals surface area contributed by atoms with Crippen LogP contribution in [0.25, 0.3) is 0 Å². The highest BCUT2D eigenvalue weighted by Gasteiger charge is 1.98. The molecule has 0 aliphatic rings. The third-order valence-corrected chi connectivity index (χ3v) is 2.55. The first-order chi connectivity index (χ1) is 8.86. The van der Waals surface area contributed by atoms with Gasteiger partial charge in [-0.3, -0.25) is 4.68 Å². The molecule has 0 bridgehead atoms. The fourth-order valence-corrected chi connectivity index (χ4v) is 1.60. The van der Waals surface area contributed by atoms with E-state index < -0.39 is 0 Å². The zero-order valence-corrected chi connectivity index (χ0v) is 11.5. The Morgan fingerprint density at radius 1 is 1.33 bits per heavy atom. The standard InChI is InChI=1S/C13H25N3O2/c1-3-5-14-10-13-11-15-16(12-13)6-4-7-18-9-8-17-2/h11-12,14H,3-10H2,1-2H3. The van der Waals surface area contributed by atoms with Crippen LogP contribution in [0.5, 0.6) is 0 Å². The summed E-state index contributed by atoms with van der Waals surface area (Å²) in [4.78, 5) is 0. The van der Waals surface area contributed by atoms with E-state index in [1.165, 1.54) is 5.56 Å². The van der Waals surface area contributed by atoms with Gasteiger partial charge in [0.15, 0.2) is 0 Å². The zero-order valence-electron chi connectivity index (χ0n) is 11.5. The highest BCUT2D eigenvalue weighted by atomic mass is 16.5. The van der Waals surface area contributed by atoms with Crippen molar-refractivity contribution < 1.29 is 9.47 Å². The number of aryl methyl sites for hydroxylation is 1. The largest absolute Gasteiger partial charge is 0.382 e. The topological polar surface area (TPSA) is 48.3 Å². The summed E-state index contributed by atoms with van der Waals surface area (Å²) in [5, 5.41) is 7.69. The molecule has 0 aliphatic carbocycles. The Morgan fingerprint density at radius 3 is 3.00 bits per heavy atom. The lowest BCUT2D eigenvalue weighted by Gasteiger charge is -2.03. The molecular weight excluding hydrogens is 230 g/mol. The highest BCUT2D eigenvalue weighted by molar-refractivity contribution is 5.03. The molecule has 0 fully saturated rings. The maximum absolute atomic E-state index is 5.40. The first kappa shape index (κ1) is 15.1. The van der Waals surface area contributed by atoms with E-state index in [1.807, 2.05) is 10.9 Å². The maximum Gasteiger partial charge on any atom is 0.0700 e. The average Bonchev–Trinajstić information content (AvgIpc) is 2.82. The number of hydrogen-bond donors (Lipinski definition) is 1. The normalized spacial score (nSPS) is 11.0. The van der Waals surface area contributed by atoms with Gasteiger partial charge in [0.05, 0.1) is 19.4 Å². The zero-order chi connectivity index (χ0) is 13.1. The first-order valence-electron chi connectivity index (χ1n) is 6.65. The van der Waals surface area contributed by atoms with Gasteiger partial charge >= 0.3 is 0 Å². The smallest absolute Gasteiger partial charge is 0.0700 e. The van der Waals surface area contributed by atoms with Crippen LogP contribution in [0, 0.1) is 0 Å². The number of ether oxygens (including phenoxy) is 2. The van der Waals surface area contributed by atoms with Gasteiger partial charge in [-0.25, -0.2) is 0 Å². The maximum atomic E-state index is 5.40. The summed E-state index contributed by atoms with van der Waals surface area (Å²) >= 11 is 0. The molecule has 0 aromatic carbocycles. The van der Waals surface area contributed by atoms with Crippen LogP contribution >= 0.6 is 0 Å². The van der Waals surface area contributed by atoms with Crippen molar-refractivity contribution in [3.63, 3.8) is 0 Å². The monoisotopic (exact) mass is 255 g/mol. The van der Waals surface area contributed by atoms with Gasteiger partial charge in [0.25, 0.3) is 0 Å². The fourth-order valence-electron chi connectivity index (χ4n) is 1.60. The fraction of sp³-hybridized carbons (Fsp3) is 0.769. The molecule has 1 aromatic rings.